The second kappa shape index (κ2) is 6.74. The van der Waals surface area contributed by atoms with Crippen LogP contribution in [0.25, 0.3) is 11.0 Å². The number of carbonyl (C=O) groups is 1. The van der Waals surface area contributed by atoms with Crippen molar-refractivity contribution in [3.05, 3.63) is 59.9 Å². The van der Waals surface area contributed by atoms with Crippen LogP contribution < -0.4 is 4.90 Å². The van der Waals surface area contributed by atoms with Gasteiger partial charge in [0, 0.05) is 29.2 Å². The predicted molar refractivity (Wildman–Crippen MR) is 104 cm³/mol. The lowest BCUT2D eigenvalue weighted by Gasteiger charge is -2.28. The van der Waals surface area contributed by atoms with E-state index >= 15 is 0 Å². The van der Waals surface area contributed by atoms with Crippen LogP contribution in [0.1, 0.15) is 37.3 Å². The number of hydrogen-bond donors (Lipinski definition) is 2. The SMILES string of the molecule is CCCCCN1C(=O)C(CO)(c2cc3ccoc3cc2O)c2ccccc21. The van der Waals surface area contributed by atoms with E-state index < -0.39 is 12.0 Å². The molecule has 2 heterocycles. The molecule has 0 fully saturated rings. The molecule has 2 N–H and O–H groups in total. The number of hydrogen-bond acceptors (Lipinski definition) is 4. The van der Waals surface area contributed by atoms with Crippen molar-refractivity contribution in [1.82, 2.24) is 0 Å². The third-order valence-corrected chi connectivity index (χ3v) is 5.52. The Morgan fingerprint density at radius 3 is 2.70 bits per heavy atom. The van der Waals surface area contributed by atoms with E-state index in [-0.39, 0.29) is 11.7 Å². The lowest BCUT2D eigenvalue weighted by Crippen LogP contribution is -2.44. The van der Waals surface area contributed by atoms with Gasteiger partial charge in [0.2, 0.25) is 5.91 Å². The zero-order valence-corrected chi connectivity index (χ0v) is 15.3. The smallest absolute Gasteiger partial charge is 0.244 e. The Morgan fingerprint density at radius 2 is 1.93 bits per heavy atom. The highest BCUT2D eigenvalue weighted by molar-refractivity contribution is 6.11. The minimum atomic E-state index is -1.31. The van der Waals surface area contributed by atoms with Gasteiger partial charge in [0.25, 0.3) is 0 Å². The van der Waals surface area contributed by atoms with Gasteiger partial charge in [-0.25, -0.2) is 0 Å². The standard InChI is InChI=1S/C22H23NO4/c1-2-3-6-10-23-18-8-5-4-7-16(18)22(14-24,21(23)26)17-12-15-9-11-27-20(15)13-19(17)25/h4-5,7-9,11-13,24-25H,2-3,6,10,14H2,1H3. The molecule has 5 heteroatoms. The number of carbonyl (C=O) groups excluding carboxylic acids is 1. The molecule has 0 aliphatic carbocycles. The van der Waals surface area contributed by atoms with Gasteiger partial charge in [0.15, 0.2) is 0 Å². The minimum absolute atomic E-state index is 0.0509. The van der Waals surface area contributed by atoms with Gasteiger partial charge < -0.3 is 19.5 Å². The molecule has 0 spiro atoms. The number of aliphatic hydroxyl groups excluding tert-OH is 1. The third kappa shape index (κ3) is 2.53. The summed E-state index contributed by atoms with van der Waals surface area (Å²) in [6, 6.07) is 12.6. The van der Waals surface area contributed by atoms with Crippen molar-refractivity contribution in [3.8, 4) is 5.75 Å². The summed E-state index contributed by atoms with van der Waals surface area (Å²) in [7, 11) is 0. The zero-order valence-electron chi connectivity index (χ0n) is 15.3. The van der Waals surface area contributed by atoms with E-state index in [1.165, 1.54) is 6.07 Å². The number of benzene rings is 2. The maximum atomic E-state index is 13.6. The number of furan rings is 1. The number of amides is 1. The number of rotatable bonds is 6. The zero-order chi connectivity index (χ0) is 19.0. The first-order valence-corrected chi connectivity index (χ1v) is 9.36. The van der Waals surface area contributed by atoms with Crippen LogP contribution in [-0.2, 0) is 10.2 Å². The van der Waals surface area contributed by atoms with Crippen molar-refractivity contribution in [3.63, 3.8) is 0 Å². The summed E-state index contributed by atoms with van der Waals surface area (Å²) in [5, 5.41) is 21.9. The molecule has 0 saturated heterocycles. The van der Waals surface area contributed by atoms with Crippen molar-refractivity contribution in [1.29, 1.82) is 0 Å². The number of fused-ring (bicyclic) bond motifs is 2. The Balaban J connectivity index is 1.90. The molecule has 1 atom stereocenters. The highest BCUT2D eigenvalue weighted by Crippen LogP contribution is 2.49. The lowest BCUT2D eigenvalue weighted by atomic mass is 9.75. The Morgan fingerprint density at radius 1 is 1.11 bits per heavy atom. The van der Waals surface area contributed by atoms with E-state index in [1.54, 1.807) is 23.3 Å². The van der Waals surface area contributed by atoms with Crippen molar-refractivity contribution in [2.45, 2.75) is 31.6 Å². The molecule has 4 rings (SSSR count). The summed E-state index contributed by atoms with van der Waals surface area (Å²) in [6.45, 7) is 2.31. The number of aromatic hydroxyl groups is 1. The number of phenolic OH excluding ortho intramolecular Hbond substituents is 1. The van der Waals surface area contributed by atoms with Crippen LogP contribution in [0.3, 0.4) is 0 Å². The van der Waals surface area contributed by atoms with Gasteiger partial charge in [-0.15, -0.1) is 0 Å². The Bertz CT molecular complexity index is 993. The summed E-state index contributed by atoms with van der Waals surface area (Å²) in [5.41, 5.74) is 1.18. The first kappa shape index (κ1) is 17.6. The normalized spacial score (nSPS) is 19.0. The van der Waals surface area contributed by atoms with Crippen LogP contribution in [0, 0.1) is 0 Å². The largest absolute Gasteiger partial charge is 0.507 e. The summed E-state index contributed by atoms with van der Waals surface area (Å²) >= 11 is 0. The second-order valence-electron chi connectivity index (χ2n) is 7.07. The van der Waals surface area contributed by atoms with E-state index in [9.17, 15) is 15.0 Å². The molecule has 1 unspecified atom stereocenters. The number of phenols is 1. The van der Waals surface area contributed by atoms with Gasteiger partial charge >= 0.3 is 0 Å². The van der Waals surface area contributed by atoms with Gasteiger partial charge in [-0.2, -0.15) is 0 Å². The minimum Gasteiger partial charge on any atom is -0.507 e. The van der Waals surface area contributed by atoms with Gasteiger partial charge in [0.05, 0.1) is 12.9 Å². The molecule has 27 heavy (non-hydrogen) atoms. The van der Waals surface area contributed by atoms with E-state index in [0.717, 1.165) is 35.9 Å². The fourth-order valence-electron chi connectivity index (χ4n) is 4.11. The monoisotopic (exact) mass is 365 g/mol. The van der Waals surface area contributed by atoms with Crippen molar-refractivity contribution in [2.75, 3.05) is 18.1 Å². The molecular weight excluding hydrogens is 342 g/mol. The van der Waals surface area contributed by atoms with Gasteiger partial charge in [0.1, 0.15) is 16.7 Å². The van der Waals surface area contributed by atoms with Gasteiger partial charge in [-0.1, -0.05) is 38.0 Å². The van der Waals surface area contributed by atoms with Gasteiger partial charge in [-0.05, 0) is 30.2 Å². The number of para-hydroxylation sites is 1. The number of unbranched alkanes of at least 4 members (excludes halogenated alkanes) is 2. The lowest BCUT2D eigenvalue weighted by molar-refractivity contribution is -0.123. The summed E-state index contributed by atoms with van der Waals surface area (Å²) in [5.74, 6) is -0.245. The summed E-state index contributed by atoms with van der Waals surface area (Å²) < 4.78 is 5.35. The molecule has 1 aliphatic rings. The van der Waals surface area contributed by atoms with Crippen LogP contribution in [0.5, 0.6) is 5.75 Å². The van der Waals surface area contributed by atoms with E-state index in [0.29, 0.717) is 17.7 Å². The summed E-state index contributed by atoms with van der Waals surface area (Å²) in [6.07, 6.45) is 4.53. The van der Waals surface area contributed by atoms with Crippen LogP contribution in [0.2, 0.25) is 0 Å². The molecule has 1 amide bonds. The van der Waals surface area contributed by atoms with E-state index in [1.807, 2.05) is 24.3 Å². The van der Waals surface area contributed by atoms with Gasteiger partial charge in [-0.3, -0.25) is 4.79 Å². The van der Waals surface area contributed by atoms with Crippen LogP contribution >= 0.6 is 0 Å². The molecule has 3 aromatic rings. The second-order valence-corrected chi connectivity index (χ2v) is 7.07. The average molecular weight is 365 g/mol. The first-order valence-electron chi connectivity index (χ1n) is 9.36. The molecule has 140 valence electrons. The third-order valence-electron chi connectivity index (χ3n) is 5.52. The first-order chi connectivity index (χ1) is 13.1. The molecule has 1 aliphatic heterocycles. The Labute approximate surface area is 157 Å². The molecule has 0 saturated carbocycles. The van der Waals surface area contributed by atoms with Crippen molar-refractivity contribution < 1.29 is 19.4 Å². The maximum absolute atomic E-state index is 13.6. The number of aliphatic hydroxyl groups is 1. The van der Waals surface area contributed by atoms with Crippen LogP contribution in [0.4, 0.5) is 5.69 Å². The fraction of sp³-hybridized carbons (Fsp3) is 0.318. The fourth-order valence-corrected chi connectivity index (χ4v) is 4.11. The van der Waals surface area contributed by atoms with Crippen LogP contribution in [0.15, 0.2) is 53.1 Å². The topological polar surface area (TPSA) is 73.9 Å². The van der Waals surface area contributed by atoms with E-state index in [2.05, 4.69) is 6.92 Å². The maximum Gasteiger partial charge on any atom is 0.244 e. The molecular formula is C22H23NO4. The predicted octanol–water partition coefficient (Wildman–Crippen LogP) is 3.95. The molecule has 1 aromatic heterocycles. The van der Waals surface area contributed by atoms with Crippen molar-refractivity contribution >= 4 is 22.6 Å². The van der Waals surface area contributed by atoms with Crippen LogP contribution in [-0.4, -0.2) is 29.3 Å². The Hall–Kier alpha value is -2.79. The number of anilines is 1. The quantitative estimate of drug-likeness (QED) is 0.649. The van der Waals surface area contributed by atoms with Crippen molar-refractivity contribution in [2.24, 2.45) is 0 Å². The average Bonchev–Trinajstić information content (AvgIpc) is 3.22. The molecule has 5 nitrogen and oxygen atoms in total. The number of nitrogens with zero attached hydrogens (tertiary/aromatic N) is 1. The molecule has 2 aromatic carbocycles. The molecule has 0 bridgehead atoms. The highest BCUT2D eigenvalue weighted by Gasteiger charge is 2.52. The summed E-state index contributed by atoms with van der Waals surface area (Å²) in [4.78, 5) is 15.3. The van der Waals surface area contributed by atoms with E-state index in [4.69, 9.17) is 4.42 Å². The molecule has 0 radical (unpaired) electrons. The Kier molecular flexibility index (Phi) is 4.40. The highest BCUT2D eigenvalue weighted by atomic mass is 16.3.